The van der Waals surface area contributed by atoms with Gasteiger partial charge in [0, 0.05) is 44.2 Å². The Morgan fingerprint density at radius 2 is 1.00 bits per heavy atom. The fourth-order valence-electron chi connectivity index (χ4n) is 7.69. The number of benzene rings is 8. The van der Waals surface area contributed by atoms with Gasteiger partial charge in [-0.2, -0.15) is 0 Å². The van der Waals surface area contributed by atoms with E-state index in [0.29, 0.717) is 0 Å². The topological polar surface area (TPSA) is 21.3 Å². The highest BCUT2D eigenvalue weighted by Crippen LogP contribution is 2.48. The average Bonchev–Trinajstić information content (AvgIpc) is 3.73. The van der Waals surface area contributed by atoms with Gasteiger partial charge in [0.05, 0.1) is 16.7 Å². The van der Waals surface area contributed by atoms with E-state index in [1.807, 2.05) is 0 Å². The van der Waals surface area contributed by atoms with Crippen molar-refractivity contribution >= 4 is 71.6 Å². The number of nitrogens with zero attached hydrogens (tertiary/aromatic N) is 2. The predicted octanol–water partition coefficient (Wildman–Crippen LogP) is 13.0. The van der Waals surface area contributed by atoms with Crippen molar-refractivity contribution in [3.8, 4) is 16.8 Å². The predicted molar refractivity (Wildman–Crippen MR) is 206 cm³/mol. The fourth-order valence-corrected chi connectivity index (χ4v) is 7.69. The van der Waals surface area contributed by atoms with Crippen LogP contribution in [0.2, 0.25) is 0 Å². The van der Waals surface area contributed by atoms with Gasteiger partial charge in [-0.15, -0.1) is 0 Å². The number of furan rings is 1. The van der Waals surface area contributed by atoms with Crippen LogP contribution >= 0.6 is 0 Å². The molecule has 0 bridgehead atoms. The van der Waals surface area contributed by atoms with Crippen LogP contribution in [-0.4, -0.2) is 4.57 Å². The van der Waals surface area contributed by atoms with Gasteiger partial charge in [-0.05, 0) is 77.0 Å². The lowest BCUT2D eigenvalue weighted by Gasteiger charge is -2.25. The molecule has 0 saturated heterocycles. The average molecular weight is 627 g/mol. The lowest BCUT2D eigenvalue weighted by Crippen LogP contribution is -2.09. The molecule has 10 aromatic rings. The van der Waals surface area contributed by atoms with Crippen LogP contribution in [0.1, 0.15) is 0 Å². The molecule has 0 fully saturated rings. The largest absolute Gasteiger partial charge is 0.453 e. The van der Waals surface area contributed by atoms with Crippen LogP contribution in [0.15, 0.2) is 186 Å². The van der Waals surface area contributed by atoms with Crippen molar-refractivity contribution in [1.82, 2.24) is 4.57 Å². The SMILES string of the molecule is c1ccc(N(c2ccccc2)c2cccc3c2oc2c(-c4cccc5c4c4ccccc4n5-c4ccccc4)cc4ccccc4c23)cc1. The normalized spacial score (nSPS) is 11.7. The Morgan fingerprint density at radius 1 is 0.408 bits per heavy atom. The molecule has 0 N–H and O–H groups in total. The Labute approximate surface area is 283 Å². The first-order valence-electron chi connectivity index (χ1n) is 16.7. The molecule has 0 aliphatic heterocycles. The second-order valence-electron chi connectivity index (χ2n) is 12.5. The van der Waals surface area contributed by atoms with Crippen LogP contribution in [0.3, 0.4) is 0 Å². The quantitative estimate of drug-likeness (QED) is 0.190. The van der Waals surface area contributed by atoms with E-state index in [4.69, 9.17) is 4.42 Å². The smallest absolute Gasteiger partial charge is 0.159 e. The van der Waals surface area contributed by atoms with Gasteiger partial charge >= 0.3 is 0 Å². The highest BCUT2D eigenvalue weighted by Gasteiger charge is 2.24. The maximum atomic E-state index is 7.21. The first-order chi connectivity index (χ1) is 24.3. The third-order valence-electron chi connectivity index (χ3n) is 9.74. The molecule has 0 atom stereocenters. The summed E-state index contributed by atoms with van der Waals surface area (Å²) >= 11 is 0. The van der Waals surface area contributed by atoms with Crippen molar-refractivity contribution in [3.63, 3.8) is 0 Å². The summed E-state index contributed by atoms with van der Waals surface area (Å²) in [6, 6.07) is 64.6. The molecule has 230 valence electrons. The minimum atomic E-state index is 0.863. The Kier molecular flexibility index (Phi) is 6.18. The van der Waals surface area contributed by atoms with E-state index in [1.165, 1.54) is 32.6 Å². The van der Waals surface area contributed by atoms with Crippen LogP contribution < -0.4 is 4.90 Å². The van der Waals surface area contributed by atoms with E-state index in [-0.39, 0.29) is 0 Å². The minimum Gasteiger partial charge on any atom is -0.453 e. The highest BCUT2D eigenvalue weighted by molar-refractivity contribution is 6.26. The number of fused-ring (bicyclic) bond motifs is 8. The van der Waals surface area contributed by atoms with E-state index in [1.54, 1.807) is 0 Å². The van der Waals surface area contributed by atoms with Gasteiger partial charge in [0.2, 0.25) is 0 Å². The zero-order valence-electron chi connectivity index (χ0n) is 26.6. The molecule has 0 saturated carbocycles. The van der Waals surface area contributed by atoms with Crippen LogP contribution in [0.25, 0.3) is 71.3 Å². The number of para-hydroxylation sites is 5. The molecule has 3 heteroatoms. The van der Waals surface area contributed by atoms with Crippen LogP contribution in [-0.2, 0) is 0 Å². The molecule has 8 aromatic carbocycles. The highest BCUT2D eigenvalue weighted by atomic mass is 16.3. The van der Waals surface area contributed by atoms with Crippen molar-refractivity contribution in [2.75, 3.05) is 4.90 Å². The van der Waals surface area contributed by atoms with E-state index in [0.717, 1.165) is 55.8 Å². The molecule has 0 amide bonds. The summed E-state index contributed by atoms with van der Waals surface area (Å²) in [5.74, 6) is 0. The number of rotatable bonds is 5. The molecule has 49 heavy (non-hydrogen) atoms. The van der Waals surface area contributed by atoms with Gasteiger partial charge in [-0.1, -0.05) is 121 Å². The zero-order chi connectivity index (χ0) is 32.3. The number of anilines is 3. The van der Waals surface area contributed by atoms with Crippen molar-refractivity contribution < 1.29 is 4.42 Å². The van der Waals surface area contributed by atoms with Crippen molar-refractivity contribution in [2.24, 2.45) is 0 Å². The van der Waals surface area contributed by atoms with E-state index in [2.05, 4.69) is 191 Å². The summed E-state index contributed by atoms with van der Waals surface area (Å²) in [7, 11) is 0. The van der Waals surface area contributed by atoms with E-state index in [9.17, 15) is 0 Å². The Bertz CT molecular complexity index is 2770. The van der Waals surface area contributed by atoms with Crippen molar-refractivity contribution in [2.45, 2.75) is 0 Å². The third-order valence-corrected chi connectivity index (χ3v) is 9.74. The summed E-state index contributed by atoms with van der Waals surface area (Å²) in [6.07, 6.45) is 0. The third kappa shape index (κ3) is 4.23. The van der Waals surface area contributed by atoms with Gasteiger partial charge in [0.25, 0.3) is 0 Å². The second kappa shape index (κ2) is 11.0. The van der Waals surface area contributed by atoms with E-state index < -0.39 is 0 Å². The maximum Gasteiger partial charge on any atom is 0.159 e. The summed E-state index contributed by atoms with van der Waals surface area (Å²) < 4.78 is 9.58. The van der Waals surface area contributed by atoms with Gasteiger partial charge in [0.15, 0.2) is 5.58 Å². The van der Waals surface area contributed by atoms with Crippen LogP contribution in [0.5, 0.6) is 0 Å². The standard InChI is InChI=1S/C46H30N2O/c1-4-17-32(18-5-1)47(33-19-6-2-7-20-33)42-29-15-26-38-44-35-23-11-10-16-31(35)30-39(46(44)49-45(38)42)36-25-14-28-41-43(36)37-24-12-13-27-40(37)48(41)34-21-8-3-9-22-34/h1-30H. The molecule has 0 radical (unpaired) electrons. The first-order valence-corrected chi connectivity index (χ1v) is 16.7. The summed E-state index contributed by atoms with van der Waals surface area (Å²) in [5.41, 5.74) is 10.6. The monoisotopic (exact) mass is 626 g/mol. The number of aromatic nitrogens is 1. The summed E-state index contributed by atoms with van der Waals surface area (Å²) in [4.78, 5) is 2.29. The Morgan fingerprint density at radius 3 is 1.76 bits per heavy atom. The molecule has 2 aromatic heterocycles. The molecule has 0 aliphatic carbocycles. The van der Waals surface area contributed by atoms with Crippen molar-refractivity contribution in [1.29, 1.82) is 0 Å². The molecule has 0 unspecified atom stereocenters. The summed E-state index contributed by atoms with van der Waals surface area (Å²) in [5, 5.41) is 7.03. The minimum absolute atomic E-state index is 0.863. The number of hydrogen-bond donors (Lipinski definition) is 0. The summed E-state index contributed by atoms with van der Waals surface area (Å²) in [6.45, 7) is 0. The van der Waals surface area contributed by atoms with Crippen LogP contribution in [0.4, 0.5) is 17.1 Å². The Hall–Kier alpha value is -6.58. The van der Waals surface area contributed by atoms with Gasteiger partial charge in [-0.3, -0.25) is 0 Å². The van der Waals surface area contributed by atoms with Gasteiger partial charge < -0.3 is 13.9 Å². The molecule has 3 nitrogen and oxygen atoms in total. The zero-order valence-corrected chi connectivity index (χ0v) is 26.6. The molecular weight excluding hydrogens is 597 g/mol. The number of hydrogen-bond acceptors (Lipinski definition) is 2. The lowest BCUT2D eigenvalue weighted by molar-refractivity contribution is 0.670. The lowest BCUT2D eigenvalue weighted by atomic mass is 9.94. The van der Waals surface area contributed by atoms with Crippen molar-refractivity contribution in [3.05, 3.63) is 182 Å². The molecule has 10 rings (SSSR count). The Balaban J connectivity index is 1.32. The van der Waals surface area contributed by atoms with Gasteiger partial charge in [0.1, 0.15) is 5.58 Å². The maximum absolute atomic E-state index is 7.21. The fraction of sp³-hybridized carbons (Fsp3) is 0. The second-order valence-corrected chi connectivity index (χ2v) is 12.5. The van der Waals surface area contributed by atoms with Crippen LogP contribution in [0, 0.1) is 0 Å². The molecule has 2 heterocycles. The molecule has 0 aliphatic rings. The molecular formula is C46H30N2O. The molecule has 0 spiro atoms. The first kappa shape index (κ1) is 27.5. The van der Waals surface area contributed by atoms with Gasteiger partial charge in [-0.25, -0.2) is 0 Å². The van der Waals surface area contributed by atoms with E-state index >= 15 is 0 Å².